The van der Waals surface area contributed by atoms with Crippen LogP contribution in [0.1, 0.15) is 60.5 Å². The van der Waals surface area contributed by atoms with Crippen molar-refractivity contribution in [1.29, 1.82) is 0 Å². The Morgan fingerprint density at radius 2 is 2.10 bits per heavy atom. The molecule has 0 spiro atoms. The molecule has 0 fully saturated rings. The monoisotopic (exact) mass is 556 g/mol. The number of anilines is 1. The minimum absolute atomic E-state index is 0.0559. The van der Waals surface area contributed by atoms with Crippen molar-refractivity contribution in [3.8, 4) is 0 Å². The van der Waals surface area contributed by atoms with E-state index in [0.717, 1.165) is 12.1 Å². The molecule has 0 radical (unpaired) electrons. The van der Waals surface area contributed by atoms with E-state index in [1.807, 2.05) is 6.08 Å². The van der Waals surface area contributed by atoms with Crippen LogP contribution < -0.4 is 10.6 Å². The van der Waals surface area contributed by atoms with Crippen molar-refractivity contribution < 1.29 is 23.5 Å². The van der Waals surface area contributed by atoms with Gasteiger partial charge in [-0.1, -0.05) is 36.7 Å². The summed E-state index contributed by atoms with van der Waals surface area (Å²) >= 11 is 5.98. The van der Waals surface area contributed by atoms with Gasteiger partial charge < -0.3 is 25.0 Å². The van der Waals surface area contributed by atoms with E-state index in [-0.39, 0.29) is 28.2 Å². The van der Waals surface area contributed by atoms with Gasteiger partial charge in [0.2, 0.25) is 0 Å². The maximum Gasteiger partial charge on any atom is 0.293 e. The molecule has 2 aromatic carbocycles. The first-order chi connectivity index (χ1) is 18.9. The Balaban J connectivity index is 1.37. The number of rotatable bonds is 12. The number of fused-ring (bicyclic) bond motifs is 1. The summed E-state index contributed by atoms with van der Waals surface area (Å²) in [7, 11) is 3.34. The highest BCUT2D eigenvalue weighted by Crippen LogP contribution is 2.35. The number of amidine groups is 1. The molecule has 4 rings (SSSR count). The van der Waals surface area contributed by atoms with E-state index in [2.05, 4.69) is 40.7 Å². The number of likely N-dealkylation sites (N-methyl/N-ethyl adjacent to an activating group) is 1. The first-order valence-corrected chi connectivity index (χ1v) is 13.5. The minimum atomic E-state index is -0.852. The van der Waals surface area contributed by atoms with Gasteiger partial charge in [-0.05, 0) is 54.2 Å². The lowest BCUT2D eigenvalue weighted by Crippen LogP contribution is -2.43. The number of allylic oxidation sites excluding steroid dienone is 1. The molecule has 0 bridgehead atoms. The molecule has 10 heteroatoms. The molecule has 208 valence electrons. The summed E-state index contributed by atoms with van der Waals surface area (Å²) in [5, 5.41) is 6.12. The average Bonchev–Trinajstić information content (AvgIpc) is 3.42. The molecule has 0 aliphatic carbocycles. The minimum Gasteiger partial charge on any atom is -0.460 e. The molecule has 2 atom stereocenters. The number of carbonyl (C=O) groups excluding carboxylic acids is 2. The number of benzene rings is 2. The van der Waals surface area contributed by atoms with E-state index in [4.69, 9.17) is 21.1 Å². The lowest BCUT2D eigenvalue weighted by molar-refractivity contribution is -0.134. The maximum absolute atomic E-state index is 14.8. The standard InChI is InChI=1S/C29H34ClFN4O4/c1-4-21(18-7-8-19-15-38-16-20(19)14-18)23-11-12-33-28(34-23)29(37)35(3)13-5-6-25(39-17-36)26-24(32-2)10-9-22(30)27(26)31/h7-11,14,17,21,25,32H,4-6,12-13,15-16H2,1-3H3,(H,33,34). The van der Waals surface area contributed by atoms with Crippen molar-refractivity contribution >= 4 is 35.5 Å². The van der Waals surface area contributed by atoms with Crippen LogP contribution in [0.2, 0.25) is 5.02 Å². The summed E-state index contributed by atoms with van der Waals surface area (Å²) in [5.41, 5.74) is 5.23. The van der Waals surface area contributed by atoms with Crippen LogP contribution in [0.15, 0.2) is 47.1 Å². The second-order valence-corrected chi connectivity index (χ2v) is 10.0. The van der Waals surface area contributed by atoms with Crippen LogP contribution in [-0.4, -0.2) is 50.3 Å². The molecular formula is C29H34ClFN4O4. The highest BCUT2D eigenvalue weighted by molar-refractivity contribution is 6.38. The fraction of sp³-hybridized carbons (Fsp3) is 0.414. The van der Waals surface area contributed by atoms with Crippen molar-refractivity contribution in [1.82, 2.24) is 10.2 Å². The van der Waals surface area contributed by atoms with E-state index in [1.165, 1.54) is 22.8 Å². The third-order valence-electron chi connectivity index (χ3n) is 7.21. The molecule has 0 saturated heterocycles. The molecular weight excluding hydrogens is 523 g/mol. The van der Waals surface area contributed by atoms with Crippen LogP contribution in [0, 0.1) is 5.82 Å². The largest absolute Gasteiger partial charge is 0.460 e. The van der Waals surface area contributed by atoms with Crippen molar-refractivity contribution in [2.45, 2.75) is 51.4 Å². The van der Waals surface area contributed by atoms with Crippen molar-refractivity contribution in [3.63, 3.8) is 0 Å². The third kappa shape index (κ3) is 6.42. The Morgan fingerprint density at radius 3 is 2.85 bits per heavy atom. The number of ether oxygens (including phenoxy) is 2. The molecule has 2 aliphatic rings. The molecule has 0 aromatic heterocycles. The number of carbonyl (C=O) groups is 2. The van der Waals surface area contributed by atoms with Crippen LogP contribution in [0.4, 0.5) is 10.1 Å². The van der Waals surface area contributed by atoms with Gasteiger partial charge in [0.25, 0.3) is 12.4 Å². The quantitative estimate of drug-likeness (QED) is 0.354. The number of nitrogens with zero attached hydrogens (tertiary/aromatic N) is 2. The summed E-state index contributed by atoms with van der Waals surface area (Å²) in [6.07, 6.45) is 2.79. The number of aliphatic imine (C=N–C) groups is 1. The number of nitrogens with one attached hydrogen (secondary N) is 2. The smallest absolute Gasteiger partial charge is 0.293 e. The Bertz CT molecular complexity index is 1280. The number of hydrogen-bond donors (Lipinski definition) is 2. The van der Waals surface area contributed by atoms with Gasteiger partial charge in [0, 0.05) is 37.9 Å². The normalized spacial score (nSPS) is 15.8. The van der Waals surface area contributed by atoms with E-state index >= 15 is 0 Å². The highest BCUT2D eigenvalue weighted by atomic mass is 35.5. The van der Waals surface area contributed by atoms with Gasteiger partial charge in [-0.3, -0.25) is 14.6 Å². The number of hydrogen-bond acceptors (Lipinski definition) is 7. The van der Waals surface area contributed by atoms with E-state index < -0.39 is 11.9 Å². The van der Waals surface area contributed by atoms with Gasteiger partial charge in [-0.2, -0.15) is 0 Å². The lowest BCUT2D eigenvalue weighted by atomic mass is 9.90. The molecule has 0 saturated carbocycles. The van der Waals surface area contributed by atoms with Crippen molar-refractivity contribution in [2.24, 2.45) is 4.99 Å². The Kier molecular flexibility index (Phi) is 9.59. The third-order valence-corrected chi connectivity index (χ3v) is 7.50. The Morgan fingerprint density at radius 1 is 1.31 bits per heavy atom. The van der Waals surface area contributed by atoms with Gasteiger partial charge in [-0.25, -0.2) is 4.39 Å². The molecule has 2 N–H and O–H groups in total. The number of halogens is 2. The van der Waals surface area contributed by atoms with Gasteiger partial charge in [0.05, 0.1) is 30.3 Å². The fourth-order valence-electron chi connectivity index (χ4n) is 5.10. The van der Waals surface area contributed by atoms with Gasteiger partial charge in [-0.15, -0.1) is 0 Å². The van der Waals surface area contributed by atoms with Crippen LogP contribution in [0.25, 0.3) is 0 Å². The summed E-state index contributed by atoms with van der Waals surface area (Å²) in [6.45, 7) is 4.47. The second-order valence-electron chi connectivity index (χ2n) is 9.62. The average molecular weight is 557 g/mol. The zero-order chi connectivity index (χ0) is 27.9. The molecule has 2 aliphatic heterocycles. The SMILES string of the molecule is CCC(C1=CCN=C(C(=O)N(C)CCCC(OC=O)c2c(NC)ccc(Cl)c2F)N1)c1ccc2c(c1)COC2. The molecule has 2 aromatic rings. The van der Waals surface area contributed by atoms with E-state index in [9.17, 15) is 14.0 Å². The predicted molar refractivity (Wildman–Crippen MR) is 149 cm³/mol. The number of amides is 1. The second kappa shape index (κ2) is 13.1. The van der Waals surface area contributed by atoms with Crippen molar-refractivity contribution in [2.75, 3.05) is 32.5 Å². The molecule has 1 amide bonds. The zero-order valence-electron chi connectivity index (χ0n) is 22.4. The van der Waals surface area contributed by atoms with Crippen LogP contribution in [0.3, 0.4) is 0 Å². The molecule has 2 unspecified atom stereocenters. The van der Waals surface area contributed by atoms with E-state index in [1.54, 1.807) is 25.1 Å². The first-order valence-electron chi connectivity index (χ1n) is 13.1. The zero-order valence-corrected chi connectivity index (χ0v) is 23.2. The lowest BCUT2D eigenvalue weighted by Gasteiger charge is -2.27. The predicted octanol–water partition coefficient (Wildman–Crippen LogP) is 5.08. The molecule has 8 nitrogen and oxygen atoms in total. The summed E-state index contributed by atoms with van der Waals surface area (Å²) < 4.78 is 25.6. The van der Waals surface area contributed by atoms with Crippen LogP contribution in [-0.2, 0) is 32.3 Å². The fourth-order valence-corrected chi connectivity index (χ4v) is 5.26. The van der Waals surface area contributed by atoms with Crippen LogP contribution >= 0.6 is 11.6 Å². The van der Waals surface area contributed by atoms with E-state index in [0.29, 0.717) is 51.3 Å². The molecule has 2 heterocycles. The van der Waals surface area contributed by atoms with Crippen molar-refractivity contribution in [3.05, 3.63) is 75.2 Å². The Labute approximate surface area is 233 Å². The van der Waals surface area contributed by atoms with Gasteiger partial charge in [0.1, 0.15) is 6.10 Å². The van der Waals surface area contributed by atoms with Crippen LogP contribution in [0.5, 0.6) is 0 Å². The summed E-state index contributed by atoms with van der Waals surface area (Å²) in [6, 6.07) is 9.52. The van der Waals surface area contributed by atoms with Gasteiger partial charge in [0.15, 0.2) is 11.7 Å². The highest BCUT2D eigenvalue weighted by Gasteiger charge is 2.26. The molecule has 39 heavy (non-hydrogen) atoms. The van der Waals surface area contributed by atoms with Gasteiger partial charge >= 0.3 is 0 Å². The topological polar surface area (TPSA) is 92.3 Å². The summed E-state index contributed by atoms with van der Waals surface area (Å²) in [4.78, 5) is 30.4. The summed E-state index contributed by atoms with van der Waals surface area (Å²) in [5.74, 6) is -0.483. The first kappa shape index (κ1) is 28.6. The Hall–Kier alpha value is -3.43. The maximum atomic E-state index is 14.8.